The number of nitrogens with zero attached hydrogens (tertiary/aromatic N) is 3. The van der Waals surface area contributed by atoms with Crippen LogP contribution < -0.4 is 14.8 Å². The van der Waals surface area contributed by atoms with Gasteiger partial charge in [0.1, 0.15) is 16.5 Å². The first-order valence-corrected chi connectivity index (χ1v) is 11.8. The summed E-state index contributed by atoms with van der Waals surface area (Å²) in [5, 5.41) is 4.92. The maximum Gasteiger partial charge on any atom is 0.231 e. The van der Waals surface area contributed by atoms with E-state index in [2.05, 4.69) is 29.3 Å². The van der Waals surface area contributed by atoms with Gasteiger partial charge in [0.25, 0.3) is 0 Å². The molecule has 0 amide bonds. The van der Waals surface area contributed by atoms with Crippen LogP contribution in [0.4, 0.5) is 5.82 Å². The fourth-order valence-electron chi connectivity index (χ4n) is 4.65. The number of anilines is 1. The molecule has 0 bridgehead atoms. The molecule has 0 saturated carbocycles. The highest BCUT2D eigenvalue weighted by Gasteiger charge is 2.24. The number of morpholine rings is 1. The fraction of sp³-hybridized carbons (Fsp3) is 0.478. The molecule has 3 aromatic rings. The van der Waals surface area contributed by atoms with Crippen LogP contribution in [0.3, 0.4) is 0 Å². The molecule has 2 aliphatic heterocycles. The van der Waals surface area contributed by atoms with Gasteiger partial charge in [0, 0.05) is 18.0 Å². The molecule has 3 aliphatic rings. The van der Waals surface area contributed by atoms with Crippen molar-refractivity contribution in [3.63, 3.8) is 0 Å². The van der Waals surface area contributed by atoms with Crippen LogP contribution in [0.1, 0.15) is 41.2 Å². The summed E-state index contributed by atoms with van der Waals surface area (Å²) in [6.45, 7) is 6.63. The van der Waals surface area contributed by atoms with Gasteiger partial charge in [-0.2, -0.15) is 0 Å². The first-order valence-electron chi connectivity index (χ1n) is 11.0. The number of fused-ring (bicyclic) bond motifs is 4. The smallest absolute Gasteiger partial charge is 0.231 e. The predicted molar refractivity (Wildman–Crippen MR) is 120 cm³/mol. The van der Waals surface area contributed by atoms with Crippen molar-refractivity contribution in [2.45, 2.75) is 38.8 Å². The lowest BCUT2D eigenvalue weighted by molar-refractivity contribution is 0.0331. The van der Waals surface area contributed by atoms with E-state index in [1.54, 1.807) is 0 Å². The third kappa shape index (κ3) is 3.62. The lowest BCUT2D eigenvalue weighted by Gasteiger charge is -2.26. The van der Waals surface area contributed by atoms with E-state index >= 15 is 0 Å². The van der Waals surface area contributed by atoms with Gasteiger partial charge in [0.2, 0.25) is 6.79 Å². The number of ether oxygens (including phenoxy) is 3. The minimum absolute atomic E-state index is 0.0841. The van der Waals surface area contributed by atoms with Crippen molar-refractivity contribution in [2.24, 2.45) is 0 Å². The molecule has 1 N–H and O–H groups in total. The number of benzene rings is 1. The van der Waals surface area contributed by atoms with E-state index in [9.17, 15) is 0 Å². The van der Waals surface area contributed by atoms with Crippen LogP contribution in [0, 0.1) is 0 Å². The zero-order valence-corrected chi connectivity index (χ0v) is 18.5. The Kier molecular flexibility index (Phi) is 4.93. The van der Waals surface area contributed by atoms with Crippen LogP contribution in [0.15, 0.2) is 18.2 Å². The van der Waals surface area contributed by atoms with E-state index < -0.39 is 0 Å². The van der Waals surface area contributed by atoms with Crippen LogP contribution in [-0.2, 0) is 24.1 Å². The molecule has 8 heteroatoms. The van der Waals surface area contributed by atoms with Crippen molar-refractivity contribution in [3.05, 3.63) is 40.0 Å². The van der Waals surface area contributed by atoms with Crippen molar-refractivity contribution in [1.82, 2.24) is 14.9 Å². The summed E-state index contributed by atoms with van der Waals surface area (Å²) in [4.78, 5) is 15.0. The molecular formula is C23H26N4O3S. The topological polar surface area (TPSA) is 68.7 Å². The minimum Gasteiger partial charge on any atom is -0.454 e. The van der Waals surface area contributed by atoms with Gasteiger partial charge in [-0.25, -0.2) is 9.97 Å². The van der Waals surface area contributed by atoms with E-state index in [0.717, 1.165) is 79.2 Å². The van der Waals surface area contributed by atoms with Crippen LogP contribution >= 0.6 is 11.3 Å². The molecule has 1 aromatic carbocycles. The quantitative estimate of drug-likeness (QED) is 0.648. The fourth-order valence-corrected chi connectivity index (χ4v) is 5.93. The maximum atomic E-state index is 5.57. The molecule has 4 heterocycles. The summed E-state index contributed by atoms with van der Waals surface area (Å²) >= 11 is 1.85. The van der Waals surface area contributed by atoms with Gasteiger partial charge in [-0.1, -0.05) is 6.07 Å². The monoisotopic (exact) mass is 438 g/mol. The maximum absolute atomic E-state index is 5.57. The molecule has 1 unspecified atom stereocenters. The van der Waals surface area contributed by atoms with E-state index in [4.69, 9.17) is 24.2 Å². The largest absolute Gasteiger partial charge is 0.454 e. The third-order valence-corrected chi connectivity index (χ3v) is 7.52. The number of thiophene rings is 1. The Hall–Kier alpha value is -2.42. The Morgan fingerprint density at radius 2 is 2.00 bits per heavy atom. The highest BCUT2D eigenvalue weighted by Crippen LogP contribution is 2.41. The van der Waals surface area contributed by atoms with E-state index in [1.807, 2.05) is 17.4 Å². The molecule has 1 aliphatic carbocycles. The van der Waals surface area contributed by atoms with Crippen molar-refractivity contribution in [3.8, 4) is 11.5 Å². The van der Waals surface area contributed by atoms with Crippen LogP contribution in [0.2, 0.25) is 0 Å². The molecule has 2 aromatic heterocycles. The molecular weight excluding hydrogens is 412 g/mol. The van der Waals surface area contributed by atoms with Gasteiger partial charge in [-0.15, -0.1) is 11.3 Å². The summed E-state index contributed by atoms with van der Waals surface area (Å²) in [5.74, 6) is 3.46. The van der Waals surface area contributed by atoms with Crippen LogP contribution in [-0.4, -0.2) is 48.0 Å². The zero-order chi connectivity index (χ0) is 20.8. The van der Waals surface area contributed by atoms with Crippen molar-refractivity contribution < 1.29 is 14.2 Å². The lowest BCUT2D eigenvalue weighted by Crippen LogP contribution is -2.36. The summed E-state index contributed by atoms with van der Waals surface area (Å²) in [6.07, 6.45) is 3.50. The Balaban J connectivity index is 1.34. The van der Waals surface area contributed by atoms with E-state index in [0.29, 0.717) is 6.79 Å². The predicted octanol–water partition coefficient (Wildman–Crippen LogP) is 3.91. The van der Waals surface area contributed by atoms with Gasteiger partial charge in [-0.05, 0) is 49.4 Å². The summed E-state index contributed by atoms with van der Waals surface area (Å²) in [5.41, 5.74) is 2.59. The van der Waals surface area contributed by atoms with E-state index in [1.165, 1.54) is 22.2 Å². The van der Waals surface area contributed by atoms with Crippen LogP contribution in [0.25, 0.3) is 10.2 Å². The Morgan fingerprint density at radius 3 is 2.90 bits per heavy atom. The molecule has 7 nitrogen and oxygen atoms in total. The molecule has 1 atom stereocenters. The number of nitrogens with one attached hydrogen (secondary N) is 1. The molecule has 31 heavy (non-hydrogen) atoms. The van der Waals surface area contributed by atoms with Crippen molar-refractivity contribution >= 4 is 27.4 Å². The highest BCUT2D eigenvalue weighted by molar-refractivity contribution is 7.19. The van der Waals surface area contributed by atoms with Gasteiger partial charge < -0.3 is 19.5 Å². The molecule has 1 saturated heterocycles. The minimum atomic E-state index is 0.0841. The average Bonchev–Trinajstić information content (AvgIpc) is 3.49. The molecule has 0 radical (unpaired) electrons. The first kappa shape index (κ1) is 19.3. The van der Waals surface area contributed by atoms with Gasteiger partial charge in [0.15, 0.2) is 11.5 Å². The van der Waals surface area contributed by atoms with E-state index in [-0.39, 0.29) is 6.04 Å². The Morgan fingerprint density at radius 1 is 1.13 bits per heavy atom. The number of aromatic nitrogens is 2. The normalized spacial score (nSPS) is 19.0. The lowest BCUT2D eigenvalue weighted by atomic mass is 10.1. The summed E-state index contributed by atoms with van der Waals surface area (Å²) < 4.78 is 16.5. The second kappa shape index (κ2) is 7.93. The number of aryl methyl sites for hydroxylation is 2. The first-order chi connectivity index (χ1) is 15.2. The van der Waals surface area contributed by atoms with Gasteiger partial charge >= 0.3 is 0 Å². The SMILES string of the molecule is CC(Nc1nc(CN2CCOCC2)nc2sc3c(c12)CCC3)c1ccc2c(c1)OCO2. The average molecular weight is 439 g/mol. The number of hydrogen-bond donors (Lipinski definition) is 1. The molecule has 162 valence electrons. The second-order valence-electron chi connectivity index (χ2n) is 8.39. The Bertz CT molecular complexity index is 1130. The number of hydrogen-bond acceptors (Lipinski definition) is 8. The Labute approximate surface area is 185 Å². The molecule has 6 rings (SSSR count). The zero-order valence-electron chi connectivity index (χ0n) is 17.6. The van der Waals surface area contributed by atoms with Crippen molar-refractivity contribution in [1.29, 1.82) is 0 Å². The van der Waals surface area contributed by atoms with Gasteiger partial charge in [0.05, 0.1) is 31.2 Å². The summed E-state index contributed by atoms with van der Waals surface area (Å²) in [6, 6.07) is 6.22. The molecule has 1 fully saturated rings. The van der Waals surface area contributed by atoms with Crippen LogP contribution in [0.5, 0.6) is 11.5 Å². The summed E-state index contributed by atoms with van der Waals surface area (Å²) in [7, 11) is 0. The number of rotatable bonds is 5. The second-order valence-corrected chi connectivity index (χ2v) is 9.48. The third-order valence-electron chi connectivity index (χ3n) is 6.33. The molecule has 0 spiro atoms. The standard InChI is InChI=1S/C23H26N4O3S/c1-14(15-5-6-17-18(11-15)30-13-29-17)24-22-21-16-3-2-4-19(16)31-23(21)26-20(25-22)12-27-7-9-28-10-8-27/h5-6,11,14H,2-4,7-10,12-13H2,1H3,(H,24,25,26). The van der Waals surface area contributed by atoms with Gasteiger partial charge in [-0.3, -0.25) is 4.90 Å². The highest BCUT2D eigenvalue weighted by atomic mass is 32.1. The van der Waals surface area contributed by atoms with Crippen molar-refractivity contribution in [2.75, 3.05) is 38.4 Å².